The van der Waals surface area contributed by atoms with Gasteiger partial charge in [0.25, 0.3) is 0 Å². The highest BCUT2D eigenvalue weighted by Crippen LogP contribution is 2.28. The first-order valence-electron chi connectivity index (χ1n) is 5.05. The average Bonchev–Trinajstić information content (AvgIpc) is 2.37. The van der Waals surface area contributed by atoms with Crippen LogP contribution in [0.1, 0.15) is 36.2 Å². The van der Waals surface area contributed by atoms with Gasteiger partial charge in [-0.3, -0.25) is 4.79 Å². The van der Waals surface area contributed by atoms with E-state index in [9.17, 15) is 4.79 Å². The van der Waals surface area contributed by atoms with Crippen LogP contribution >= 0.6 is 0 Å². The zero-order chi connectivity index (χ0) is 12.5. The predicted octanol–water partition coefficient (Wildman–Crippen LogP) is 0.995. The molecular formula is C11H16N4O. The van der Waals surface area contributed by atoms with E-state index in [-0.39, 0.29) is 18.4 Å². The summed E-state index contributed by atoms with van der Waals surface area (Å²) in [5, 5.41) is 8.97. The van der Waals surface area contributed by atoms with E-state index in [4.69, 9.17) is 16.7 Å². The topological polar surface area (TPSA) is 97.8 Å². The molecule has 1 heterocycles. The normalized spacial score (nSPS) is 12.1. The second-order valence-electron chi connectivity index (χ2n) is 3.97. The fraction of sp³-hybridized carbons (Fsp3) is 0.455. The molecule has 5 nitrogen and oxygen atoms in total. The summed E-state index contributed by atoms with van der Waals surface area (Å²) < 4.78 is 1.79. The van der Waals surface area contributed by atoms with Crippen molar-refractivity contribution in [1.29, 1.82) is 5.26 Å². The lowest BCUT2D eigenvalue weighted by molar-refractivity contribution is -0.118. The minimum absolute atomic E-state index is 0.127. The van der Waals surface area contributed by atoms with Gasteiger partial charge in [-0.15, -0.1) is 0 Å². The summed E-state index contributed by atoms with van der Waals surface area (Å²) in [5.41, 5.74) is 13.3. The molecular weight excluding hydrogens is 204 g/mol. The molecule has 1 rings (SSSR count). The number of hydrogen-bond acceptors (Lipinski definition) is 3. The maximum Gasteiger partial charge on any atom is 0.219 e. The second-order valence-corrected chi connectivity index (χ2v) is 3.97. The van der Waals surface area contributed by atoms with Crippen molar-refractivity contribution in [2.75, 3.05) is 5.73 Å². The molecule has 1 amide bonds. The number of carbonyl (C=O) groups is 1. The summed E-state index contributed by atoms with van der Waals surface area (Å²) in [7, 11) is 0. The lowest BCUT2D eigenvalue weighted by Gasteiger charge is -2.16. The fourth-order valence-corrected chi connectivity index (χ4v) is 1.95. The first-order valence-corrected chi connectivity index (χ1v) is 5.05. The fourth-order valence-electron chi connectivity index (χ4n) is 1.95. The average molecular weight is 220 g/mol. The summed E-state index contributed by atoms with van der Waals surface area (Å²) in [4.78, 5) is 10.9. The van der Waals surface area contributed by atoms with Gasteiger partial charge in [0.05, 0.1) is 5.56 Å². The molecule has 86 valence electrons. The number of primary amides is 1. The largest absolute Gasteiger partial charge is 0.384 e. The van der Waals surface area contributed by atoms with Crippen molar-refractivity contribution in [2.45, 2.75) is 33.2 Å². The molecule has 0 aliphatic heterocycles. The number of rotatable bonds is 3. The van der Waals surface area contributed by atoms with Crippen molar-refractivity contribution in [3.05, 3.63) is 16.8 Å². The third-order valence-electron chi connectivity index (χ3n) is 2.84. The van der Waals surface area contributed by atoms with Gasteiger partial charge in [-0.2, -0.15) is 5.26 Å². The molecule has 0 saturated carbocycles. The molecule has 16 heavy (non-hydrogen) atoms. The molecule has 5 heteroatoms. The van der Waals surface area contributed by atoms with Gasteiger partial charge in [0, 0.05) is 18.2 Å². The number of anilines is 1. The van der Waals surface area contributed by atoms with Gasteiger partial charge in [-0.05, 0) is 26.3 Å². The van der Waals surface area contributed by atoms with Crippen LogP contribution in [0.15, 0.2) is 0 Å². The Balaban J connectivity index is 3.25. The van der Waals surface area contributed by atoms with Crippen molar-refractivity contribution in [3.8, 4) is 6.07 Å². The van der Waals surface area contributed by atoms with Crippen molar-refractivity contribution in [2.24, 2.45) is 5.73 Å². The van der Waals surface area contributed by atoms with E-state index in [1.165, 1.54) is 0 Å². The third-order valence-corrected chi connectivity index (χ3v) is 2.84. The molecule has 1 unspecified atom stereocenters. The van der Waals surface area contributed by atoms with Crippen molar-refractivity contribution in [1.82, 2.24) is 4.57 Å². The summed E-state index contributed by atoms with van der Waals surface area (Å²) in [5.74, 6) is 0.0300. The summed E-state index contributed by atoms with van der Waals surface area (Å²) in [6.07, 6.45) is 0.212. The Morgan fingerprint density at radius 3 is 2.50 bits per heavy atom. The standard InChI is InChI=1S/C11H16N4O/c1-6(4-10(13)16)15-8(3)7(2)9(5-12)11(15)14/h6H,4,14H2,1-3H3,(H2,13,16). The molecule has 0 fully saturated rings. The van der Waals surface area contributed by atoms with Gasteiger partial charge in [-0.1, -0.05) is 0 Å². The van der Waals surface area contributed by atoms with E-state index in [0.29, 0.717) is 11.4 Å². The smallest absolute Gasteiger partial charge is 0.219 e. The van der Waals surface area contributed by atoms with E-state index in [0.717, 1.165) is 11.3 Å². The number of nitrogens with zero attached hydrogens (tertiary/aromatic N) is 2. The number of hydrogen-bond donors (Lipinski definition) is 2. The zero-order valence-corrected chi connectivity index (χ0v) is 9.74. The molecule has 0 aromatic carbocycles. The van der Waals surface area contributed by atoms with Gasteiger partial charge >= 0.3 is 0 Å². The van der Waals surface area contributed by atoms with Gasteiger partial charge in [0.15, 0.2) is 0 Å². The number of amides is 1. The molecule has 1 aromatic heterocycles. The van der Waals surface area contributed by atoms with Crippen LogP contribution in [-0.2, 0) is 4.79 Å². The van der Waals surface area contributed by atoms with Crippen LogP contribution in [0.3, 0.4) is 0 Å². The lowest BCUT2D eigenvalue weighted by Crippen LogP contribution is -2.19. The summed E-state index contributed by atoms with van der Waals surface area (Å²) in [6, 6.07) is 1.94. The lowest BCUT2D eigenvalue weighted by atomic mass is 10.2. The van der Waals surface area contributed by atoms with Crippen molar-refractivity contribution >= 4 is 11.7 Å². The number of nitrogen functional groups attached to an aromatic ring is 1. The maximum absolute atomic E-state index is 10.9. The first-order chi connectivity index (χ1) is 7.40. The van der Waals surface area contributed by atoms with E-state index in [1.807, 2.05) is 20.8 Å². The first kappa shape index (κ1) is 12.1. The van der Waals surface area contributed by atoms with Crippen LogP contribution in [0, 0.1) is 25.2 Å². The molecule has 0 saturated heterocycles. The van der Waals surface area contributed by atoms with Crippen LogP contribution in [0.5, 0.6) is 0 Å². The van der Waals surface area contributed by atoms with Crippen LogP contribution in [0.25, 0.3) is 0 Å². The highest BCUT2D eigenvalue weighted by molar-refractivity contribution is 5.74. The predicted molar refractivity (Wildman–Crippen MR) is 61.6 cm³/mol. The summed E-state index contributed by atoms with van der Waals surface area (Å²) >= 11 is 0. The third kappa shape index (κ3) is 1.87. The summed E-state index contributed by atoms with van der Waals surface area (Å²) in [6.45, 7) is 5.58. The van der Waals surface area contributed by atoms with E-state index in [1.54, 1.807) is 4.57 Å². The number of nitriles is 1. The van der Waals surface area contributed by atoms with Crippen LogP contribution in [0.4, 0.5) is 5.82 Å². The molecule has 0 spiro atoms. The molecule has 0 radical (unpaired) electrons. The molecule has 4 N–H and O–H groups in total. The minimum Gasteiger partial charge on any atom is -0.384 e. The Kier molecular flexibility index (Phi) is 3.23. The van der Waals surface area contributed by atoms with Gasteiger partial charge < -0.3 is 16.0 Å². The quantitative estimate of drug-likeness (QED) is 0.794. The van der Waals surface area contributed by atoms with Gasteiger partial charge in [-0.25, -0.2) is 0 Å². The Labute approximate surface area is 94.6 Å². The number of nitrogens with two attached hydrogens (primary N) is 2. The Hall–Kier alpha value is -1.96. The monoisotopic (exact) mass is 220 g/mol. The number of carbonyl (C=O) groups excluding carboxylic acids is 1. The molecule has 0 aliphatic carbocycles. The highest BCUT2D eigenvalue weighted by Gasteiger charge is 2.19. The Morgan fingerprint density at radius 2 is 2.12 bits per heavy atom. The van der Waals surface area contributed by atoms with Crippen LogP contribution in [0.2, 0.25) is 0 Å². The van der Waals surface area contributed by atoms with E-state index < -0.39 is 0 Å². The Bertz CT molecular complexity index is 467. The van der Waals surface area contributed by atoms with Gasteiger partial charge in [0.2, 0.25) is 5.91 Å². The van der Waals surface area contributed by atoms with Crippen molar-refractivity contribution < 1.29 is 4.79 Å². The van der Waals surface area contributed by atoms with Crippen molar-refractivity contribution in [3.63, 3.8) is 0 Å². The molecule has 1 atom stereocenters. The molecule has 0 bridgehead atoms. The Morgan fingerprint density at radius 1 is 1.56 bits per heavy atom. The highest BCUT2D eigenvalue weighted by atomic mass is 16.1. The second kappa shape index (κ2) is 4.27. The van der Waals surface area contributed by atoms with Crippen LogP contribution < -0.4 is 11.5 Å². The van der Waals surface area contributed by atoms with E-state index >= 15 is 0 Å². The maximum atomic E-state index is 10.9. The molecule has 0 aliphatic rings. The minimum atomic E-state index is -0.379. The van der Waals surface area contributed by atoms with Gasteiger partial charge in [0.1, 0.15) is 11.9 Å². The SMILES string of the molecule is Cc1c(C#N)c(N)n(C(C)CC(N)=O)c1C. The molecule has 1 aromatic rings. The van der Waals surface area contributed by atoms with E-state index in [2.05, 4.69) is 6.07 Å². The number of aromatic nitrogens is 1. The zero-order valence-electron chi connectivity index (χ0n) is 9.74. The van der Waals surface area contributed by atoms with Crippen LogP contribution in [-0.4, -0.2) is 10.5 Å².